The molecule has 0 saturated carbocycles. The van der Waals surface area contributed by atoms with Crippen molar-refractivity contribution in [2.45, 2.75) is 54.4 Å². The van der Waals surface area contributed by atoms with Gasteiger partial charge in [0.15, 0.2) is 5.78 Å². The summed E-state index contributed by atoms with van der Waals surface area (Å²) < 4.78 is 4.98. The Kier molecular flexibility index (Phi) is 7.68. The van der Waals surface area contributed by atoms with E-state index >= 15 is 0 Å². The van der Waals surface area contributed by atoms with Crippen LogP contribution < -0.4 is 25.7 Å². The van der Waals surface area contributed by atoms with Crippen LogP contribution in [0.2, 0.25) is 0 Å². The van der Waals surface area contributed by atoms with Crippen molar-refractivity contribution < 1.29 is 14.3 Å². The normalized spacial score (nSPS) is 20.6. The summed E-state index contributed by atoms with van der Waals surface area (Å²) in [6.45, 7) is 12.2. The summed E-state index contributed by atoms with van der Waals surface area (Å²) in [7, 11) is 1.29. The Bertz CT molecular complexity index is 1640. The number of aromatic nitrogens is 3. The second-order valence-electron chi connectivity index (χ2n) is 9.63. The molecule has 0 N–H and O–H groups in total. The molecule has 4 heterocycles. The number of ketones is 1. The third kappa shape index (κ3) is 4.29. The van der Waals surface area contributed by atoms with Crippen molar-refractivity contribution in [1.82, 2.24) is 15.0 Å². The number of hydrogen-bond acceptors (Lipinski definition) is 3. The van der Waals surface area contributed by atoms with Crippen LogP contribution in [-0.2, 0) is 16.0 Å². The maximum Gasteiger partial charge on any atom is 2.00 e. The smallest absolute Gasteiger partial charge is 0.667 e. The van der Waals surface area contributed by atoms with Crippen LogP contribution in [0.5, 0.6) is 0 Å². The molecule has 0 fully saturated rings. The molecule has 5 rings (SSSR count). The molecule has 1 aliphatic heterocycles. The molecule has 2 aliphatic rings. The van der Waals surface area contributed by atoms with Crippen molar-refractivity contribution in [3.8, 4) is 0 Å². The molecule has 192 valence electrons. The molecule has 0 aromatic carbocycles. The minimum atomic E-state index is -1.07. The van der Waals surface area contributed by atoms with E-state index in [4.69, 9.17) is 25.0 Å². The molecule has 0 radical (unpaired) electrons. The first-order valence-corrected chi connectivity index (χ1v) is 12.6. The maximum absolute atomic E-state index is 13.5. The van der Waals surface area contributed by atoms with Gasteiger partial charge in [0.1, 0.15) is 5.92 Å². The van der Waals surface area contributed by atoms with E-state index in [-0.39, 0.29) is 28.8 Å². The van der Waals surface area contributed by atoms with E-state index in [2.05, 4.69) is 27.7 Å². The van der Waals surface area contributed by atoms with E-state index in [0.29, 0.717) is 28.9 Å². The molecular formula is C30H30MgN4O3-2. The third-order valence-corrected chi connectivity index (χ3v) is 7.65. The van der Waals surface area contributed by atoms with Crippen LogP contribution in [0.4, 0.5) is 0 Å². The number of nitrogens with zero attached hydrogens (tertiary/aromatic N) is 4. The molecule has 3 aromatic heterocycles. The van der Waals surface area contributed by atoms with E-state index in [1.165, 1.54) is 7.11 Å². The molecule has 38 heavy (non-hydrogen) atoms. The fourth-order valence-corrected chi connectivity index (χ4v) is 5.22. The second-order valence-corrected chi connectivity index (χ2v) is 9.63. The summed E-state index contributed by atoms with van der Waals surface area (Å²) in [5.74, 6) is -1.99. The largest absolute Gasteiger partial charge is 2.00 e. The van der Waals surface area contributed by atoms with Crippen LogP contribution in [0.3, 0.4) is 0 Å². The second kappa shape index (κ2) is 10.5. The summed E-state index contributed by atoms with van der Waals surface area (Å²) in [6.07, 6.45) is 9.01. The topological polar surface area (TPSA) is 99.8 Å². The number of fused-ring (bicyclic) bond motifs is 5. The predicted octanol–water partition coefficient (Wildman–Crippen LogP) is 3.10. The van der Waals surface area contributed by atoms with E-state index in [1.807, 2.05) is 32.1 Å². The van der Waals surface area contributed by atoms with Crippen molar-refractivity contribution in [2.75, 3.05) is 7.11 Å². The van der Waals surface area contributed by atoms with Crippen molar-refractivity contribution in [1.29, 1.82) is 0 Å². The molecule has 0 unspecified atom stereocenters. The molecular weight excluding hydrogens is 489 g/mol. The zero-order valence-electron chi connectivity index (χ0n) is 23.0. The van der Waals surface area contributed by atoms with Crippen LogP contribution in [0.25, 0.3) is 29.1 Å². The van der Waals surface area contributed by atoms with Crippen molar-refractivity contribution in [3.05, 3.63) is 84.1 Å². The summed E-state index contributed by atoms with van der Waals surface area (Å²) in [5, 5.41) is 6.42. The Balaban J connectivity index is 0.00000336. The Morgan fingerprint density at radius 2 is 1.47 bits per heavy atom. The Morgan fingerprint density at radius 1 is 0.842 bits per heavy atom. The number of carbonyl (C=O) groups excluding carboxylic acids is 2. The molecule has 7 nitrogen and oxygen atoms in total. The molecule has 8 heteroatoms. The van der Waals surface area contributed by atoms with E-state index in [1.54, 1.807) is 6.20 Å². The summed E-state index contributed by atoms with van der Waals surface area (Å²) >= 11 is 0. The molecule has 1 atom stereocenters. The van der Waals surface area contributed by atoms with Gasteiger partial charge >= 0.3 is 29.0 Å². The molecule has 0 saturated heterocycles. The summed E-state index contributed by atoms with van der Waals surface area (Å²) in [5.41, 5.74) is 9.76. The Morgan fingerprint density at radius 3 is 2.11 bits per heavy atom. The van der Waals surface area contributed by atoms with Gasteiger partial charge in [-0.15, -0.1) is 33.5 Å². The number of esters is 1. The zero-order valence-corrected chi connectivity index (χ0v) is 24.4. The molecule has 0 spiro atoms. The van der Waals surface area contributed by atoms with E-state index in [0.717, 1.165) is 62.0 Å². The fourth-order valence-electron chi connectivity index (χ4n) is 5.22. The van der Waals surface area contributed by atoms with E-state index in [9.17, 15) is 9.59 Å². The quantitative estimate of drug-likeness (QED) is 0.300. The minimum absolute atomic E-state index is 0. The Labute approximate surface area is 238 Å². The fraction of sp³-hybridized carbons (Fsp3) is 0.333. The predicted molar refractivity (Wildman–Crippen MR) is 149 cm³/mol. The third-order valence-electron chi connectivity index (χ3n) is 7.65. The Hall–Kier alpha value is -3.23. The number of ether oxygens (including phenoxy) is 1. The monoisotopic (exact) mass is 518 g/mol. The van der Waals surface area contributed by atoms with Gasteiger partial charge in [0.2, 0.25) is 0 Å². The van der Waals surface area contributed by atoms with E-state index < -0.39 is 11.9 Å². The first-order valence-electron chi connectivity index (χ1n) is 12.6. The van der Waals surface area contributed by atoms with Crippen molar-refractivity contribution >= 4 is 58.6 Å². The first kappa shape index (κ1) is 27.8. The minimum Gasteiger partial charge on any atom is -0.667 e. The number of carbonyl (C=O) groups is 2. The number of allylic oxidation sites excluding steroid dienone is 1. The van der Waals surface area contributed by atoms with Crippen LogP contribution >= 0.6 is 0 Å². The molecule has 6 bridgehead atoms. The van der Waals surface area contributed by atoms with Gasteiger partial charge in [-0.25, -0.2) is 0 Å². The van der Waals surface area contributed by atoms with Crippen molar-refractivity contribution in [2.24, 2.45) is 5.92 Å². The average Bonchev–Trinajstić information content (AvgIpc) is 3.54. The van der Waals surface area contributed by atoms with Crippen LogP contribution in [0.1, 0.15) is 81.2 Å². The first-order chi connectivity index (χ1) is 17.7. The van der Waals surface area contributed by atoms with Gasteiger partial charge in [0.25, 0.3) is 0 Å². The van der Waals surface area contributed by atoms with Gasteiger partial charge in [0.05, 0.1) is 7.11 Å². The number of rotatable bonds is 3. The summed E-state index contributed by atoms with van der Waals surface area (Å²) in [4.78, 5) is 40.8. The zero-order chi connectivity index (χ0) is 26.6. The van der Waals surface area contributed by atoms with Crippen molar-refractivity contribution in [3.63, 3.8) is 0 Å². The van der Waals surface area contributed by atoms with Gasteiger partial charge in [-0.1, -0.05) is 71.9 Å². The average molecular weight is 519 g/mol. The maximum atomic E-state index is 13.5. The molecule has 1 aliphatic carbocycles. The van der Waals surface area contributed by atoms with Gasteiger partial charge in [-0.3, -0.25) is 9.59 Å². The molecule has 0 amide bonds. The number of methoxy groups -OCH3 is 1. The van der Waals surface area contributed by atoms with Crippen LogP contribution in [0, 0.1) is 33.6 Å². The van der Waals surface area contributed by atoms with Gasteiger partial charge in [0, 0.05) is 5.56 Å². The number of Topliss-reactive ketones (excluding diaryl/α,β-unsaturated/α-hetero) is 1. The van der Waals surface area contributed by atoms with Crippen LogP contribution in [0.15, 0.2) is 11.9 Å². The number of hydrogen-bond donors (Lipinski definition) is 0. The van der Waals surface area contributed by atoms with Gasteiger partial charge < -0.3 is 25.0 Å². The SMILES string of the molecule is CC/C1=C/c2[n-]c(c(C)c2C)/C=c2\[n-]/c(c(CC)c2C)=C\c2[n-]c3c(c2C)C(=O)[C@H](C(=O)OC)/C3=C/[N-]1.[Mg+2]. The molecule has 3 aromatic rings. The van der Waals surface area contributed by atoms with Gasteiger partial charge in [-0.05, 0) is 34.1 Å². The summed E-state index contributed by atoms with van der Waals surface area (Å²) in [6, 6.07) is 0. The standard InChI is InChI=1S/C30H31N4O3.Mg/c1-8-18-10-21-14(3)15(4)22(32-21)11-23-16(5)19(9-2)25(33-23)12-24-17(6)26-28(34-24)20(13-31-18)27(29(26)35)30(36)37-7;/h10-13,27H,8-9H2,1-7H3,(H-,31,34,35);/q-3;+2/p-1/b18-10-,23-11-,25-12-;/t27-;/m1./s1. The van der Waals surface area contributed by atoms with Crippen LogP contribution in [-0.4, -0.2) is 41.9 Å². The van der Waals surface area contributed by atoms with Gasteiger partial charge in [-0.2, -0.15) is 11.9 Å².